The Balaban J connectivity index is 0.00000162. The van der Waals surface area contributed by atoms with Gasteiger partial charge in [0.15, 0.2) is 0 Å². The van der Waals surface area contributed by atoms with E-state index in [4.69, 9.17) is 5.73 Å². The molecule has 18 heavy (non-hydrogen) atoms. The van der Waals surface area contributed by atoms with Crippen molar-refractivity contribution in [3.63, 3.8) is 0 Å². The van der Waals surface area contributed by atoms with Crippen LogP contribution in [0.5, 0.6) is 0 Å². The maximum absolute atomic E-state index is 12.7. The lowest BCUT2D eigenvalue weighted by molar-refractivity contribution is 0.147. The molecule has 0 bridgehead atoms. The molecule has 1 unspecified atom stereocenters. The van der Waals surface area contributed by atoms with Gasteiger partial charge in [-0.1, -0.05) is 24.3 Å². The fourth-order valence-electron chi connectivity index (χ4n) is 1.56. The lowest BCUT2D eigenvalue weighted by Crippen LogP contribution is -2.04. The summed E-state index contributed by atoms with van der Waals surface area (Å²) in [5.74, 6) is 0. The molecule has 98 valence electrons. The van der Waals surface area contributed by atoms with Gasteiger partial charge in [-0.2, -0.15) is 0 Å². The van der Waals surface area contributed by atoms with Crippen LogP contribution in [-0.4, -0.2) is 4.98 Å². The van der Waals surface area contributed by atoms with Crippen molar-refractivity contribution in [3.05, 3.63) is 41.0 Å². The molecule has 2 aromatic rings. The number of benzene rings is 1. The number of hydrogen-bond acceptors (Lipinski definition) is 3. The Morgan fingerprint density at radius 1 is 1.22 bits per heavy atom. The second-order valence-electron chi connectivity index (χ2n) is 3.78. The number of alkyl halides is 2. The third-order valence-corrected chi connectivity index (χ3v) is 3.39. The van der Waals surface area contributed by atoms with E-state index in [9.17, 15) is 8.78 Å². The molecule has 0 aliphatic carbocycles. The first-order valence-electron chi connectivity index (χ1n) is 5.17. The second-order valence-corrected chi connectivity index (χ2v) is 4.63. The number of nitrogens with two attached hydrogens (primary N) is 1. The zero-order chi connectivity index (χ0) is 12.4. The van der Waals surface area contributed by atoms with Gasteiger partial charge in [0.1, 0.15) is 5.69 Å². The van der Waals surface area contributed by atoms with E-state index < -0.39 is 6.43 Å². The predicted octanol–water partition coefficient (Wildman–Crippen LogP) is 4.19. The van der Waals surface area contributed by atoms with Crippen LogP contribution >= 0.6 is 23.7 Å². The molecule has 0 saturated heterocycles. The number of halogens is 3. The standard InChI is InChI=1S/C12H12F2N2S.ClH/c1-7(15)8-2-4-9(5-3-8)11-10(12(13)14)16-6-17-11;/h2-7,12H,15H2,1H3;1H. The number of hydrogen-bond donors (Lipinski definition) is 1. The van der Waals surface area contributed by atoms with Gasteiger partial charge in [0.2, 0.25) is 0 Å². The normalized spacial score (nSPS) is 12.3. The minimum absolute atomic E-state index is 0. The van der Waals surface area contributed by atoms with E-state index in [0.717, 1.165) is 11.1 Å². The number of aromatic nitrogens is 1. The molecule has 0 aliphatic heterocycles. The predicted molar refractivity (Wildman–Crippen MR) is 72.4 cm³/mol. The smallest absolute Gasteiger partial charge is 0.281 e. The third-order valence-electron chi connectivity index (χ3n) is 2.50. The van der Waals surface area contributed by atoms with Crippen LogP contribution < -0.4 is 5.73 Å². The van der Waals surface area contributed by atoms with Crippen LogP contribution in [0.4, 0.5) is 8.78 Å². The quantitative estimate of drug-likeness (QED) is 0.920. The maximum Gasteiger partial charge on any atom is 0.281 e. The molecule has 0 saturated carbocycles. The molecule has 1 aromatic carbocycles. The Kier molecular flexibility index (Phi) is 5.19. The Morgan fingerprint density at radius 2 is 1.83 bits per heavy atom. The fraction of sp³-hybridized carbons (Fsp3) is 0.250. The Labute approximate surface area is 114 Å². The highest BCUT2D eigenvalue weighted by Gasteiger charge is 2.17. The molecule has 1 heterocycles. The van der Waals surface area contributed by atoms with Crippen molar-refractivity contribution in [1.82, 2.24) is 4.98 Å². The average Bonchev–Trinajstić information content (AvgIpc) is 2.78. The van der Waals surface area contributed by atoms with Gasteiger partial charge in [0.05, 0.1) is 10.4 Å². The Bertz CT molecular complexity index is 497. The van der Waals surface area contributed by atoms with Crippen molar-refractivity contribution < 1.29 is 8.78 Å². The summed E-state index contributed by atoms with van der Waals surface area (Å²) in [5, 5.41) is 0. The number of rotatable bonds is 3. The van der Waals surface area contributed by atoms with Crippen LogP contribution in [0.2, 0.25) is 0 Å². The summed E-state index contributed by atoms with van der Waals surface area (Å²) in [6, 6.07) is 7.26. The van der Waals surface area contributed by atoms with E-state index >= 15 is 0 Å². The van der Waals surface area contributed by atoms with E-state index in [1.807, 2.05) is 19.1 Å². The highest BCUT2D eigenvalue weighted by Crippen LogP contribution is 2.33. The molecule has 2 N–H and O–H groups in total. The van der Waals surface area contributed by atoms with Crippen molar-refractivity contribution in [2.45, 2.75) is 19.4 Å². The van der Waals surface area contributed by atoms with Crippen LogP contribution in [-0.2, 0) is 0 Å². The fourth-order valence-corrected chi connectivity index (χ4v) is 2.37. The van der Waals surface area contributed by atoms with Crippen LogP contribution in [0.1, 0.15) is 30.6 Å². The van der Waals surface area contributed by atoms with Crippen LogP contribution in [0.15, 0.2) is 29.8 Å². The van der Waals surface area contributed by atoms with Crippen molar-refractivity contribution in [3.8, 4) is 10.4 Å². The van der Waals surface area contributed by atoms with E-state index in [1.165, 1.54) is 16.8 Å². The van der Waals surface area contributed by atoms with Crippen LogP contribution in [0.3, 0.4) is 0 Å². The summed E-state index contributed by atoms with van der Waals surface area (Å²) >= 11 is 1.22. The topological polar surface area (TPSA) is 38.9 Å². The lowest BCUT2D eigenvalue weighted by Gasteiger charge is -2.07. The molecule has 0 aliphatic rings. The zero-order valence-corrected chi connectivity index (χ0v) is 11.3. The maximum atomic E-state index is 12.7. The zero-order valence-electron chi connectivity index (χ0n) is 9.64. The summed E-state index contributed by atoms with van der Waals surface area (Å²) in [5.41, 5.74) is 8.76. The summed E-state index contributed by atoms with van der Waals surface area (Å²) in [6.07, 6.45) is -2.54. The molecule has 1 aromatic heterocycles. The van der Waals surface area contributed by atoms with E-state index in [1.54, 1.807) is 12.1 Å². The second kappa shape index (κ2) is 6.22. The minimum Gasteiger partial charge on any atom is -0.324 e. The number of nitrogens with zero attached hydrogens (tertiary/aromatic N) is 1. The first-order valence-corrected chi connectivity index (χ1v) is 6.05. The Hall–Kier alpha value is -1.04. The summed E-state index contributed by atoms with van der Waals surface area (Å²) in [6.45, 7) is 1.88. The highest BCUT2D eigenvalue weighted by atomic mass is 35.5. The van der Waals surface area contributed by atoms with E-state index in [2.05, 4.69) is 4.98 Å². The molecular weight excluding hydrogens is 278 g/mol. The van der Waals surface area contributed by atoms with Gasteiger partial charge in [-0.05, 0) is 18.1 Å². The molecule has 0 fully saturated rings. The van der Waals surface area contributed by atoms with Gasteiger partial charge >= 0.3 is 0 Å². The van der Waals surface area contributed by atoms with Crippen molar-refractivity contribution in [1.29, 1.82) is 0 Å². The molecular formula is C12H13ClF2N2S. The average molecular weight is 291 g/mol. The van der Waals surface area contributed by atoms with Crippen molar-refractivity contribution >= 4 is 23.7 Å². The summed E-state index contributed by atoms with van der Waals surface area (Å²) in [4.78, 5) is 4.22. The lowest BCUT2D eigenvalue weighted by atomic mass is 10.1. The summed E-state index contributed by atoms with van der Waals surface area (Å²) in [7, 11) is 0. The first-order chi connectivity index (χ1) is 8.09. The van der Waals surface area contributed by atoms with Crippen molar-refractivity contribution in [2.75, 3.05) is 0 Å². The molecule has 0 amide bonds. The molecule has 2 rings (SSSR count). The Morgan fingerprint density at radius 3 is 2.33 bits per heavy atom. The van der Waals surface area contributed by atoms with Crippen LogP contribution in [0.25, 0.3) is 10.4 Å². The first kappa shape index (κ1) is 15.0. The van der Waals surface area contributed by atoms with Gasteiger partial charge in [-0.25, -0.2) is 13.8 Å². The van der Waals surface area contributed by atoms with Crippen LogP contribution in [0, 0.1) is 0 Å². The monoisotopic (exact) mass is 290 g/mol. The largest absolute Gasteiger partial charge is 0.324 e. The van der Waals surface area contributed by atoms with Crippen molar-refractivity contribution in [2.24, 2.45) is 5.73 Å². The molecule has 1 atom stereocenters. The van der Waals surface area contributed by atoms with Gasteiger partial charge in [-0.15, -0.1) is 23.7 Å². The highest BCUT2D eigenvalue weighted by molar-refractivity contribution is 7.13. The van der Waals surface area contributed by atoms with Gasteiger partial charge in [0.25, 0.3) is 6.43 Å². The number of thiazole rings is 1. The van der Waals surface area contributed by atoms with E-state index in [0.29, 0.717) is 4.88 Å². The molecule has 0 spiro atoms. The van der Waals surface area contributed by atoms with Gasteiger partial charge < -0.3 is 5.73 Å². The van der Waals surface area contributed by atoms with Gasteiger partial charge in [0, 0.05) is 6.04 Å². The molecule has 2 nitrogen and oxygen atoms in total. The minimum atomic E-state index is -2.54. The van der Waals surface area contributed by atoms with Gasteiger partial charge in [-0.3, -0.25) is 0 Å². The van der Waals surface area contributed by atoms with E-state index in [-0.39, 0.29) is 24.1 Å². The summed E-state index contributed by atoms with van der Waals surface area (Å²) < 4.78 is 25.4. The third kappa shape index (κ3) is 3.04. The molecule has 0 radical (unpaired) electrons. The SMILES string of the molecule is CC(N)c1ccc(-c2scnc2C(F)F)cc1.Cl. The molecule has 6 heteroatoms.